The number of fused-ring (bicyclic) bond motifs is 1. The Morgan fingerprint density at radius 2 is 2.16 bits per heavy atom. The van der Waals surface area contributed by atoms with Gasteiger partial charge in [0.15, 0.2) is 0 Å². The third kappa shape index (κ3) is 2.45. The van der Waals surface area contributed by atoms with E-state index in [-0.39, 0.29) is 6.10 Å². The van der Waals surface area contributed by atoms with Gasteiger partial charge in [0.05, 0.1) is 12.2 Å². The minimum Gasteiger partial charge on any atom is -0.481 e. The number of nitrogens with one attached hydrogen (secondary N) is 1. The standard InChI is InChI=1S/C15H13BrClNO/c1-9-3-2-4-13-15(9)19-14(8-18-13)11-6-5-10(16)7-12(11)17/h2-7,14,18H,8H2,1H3. The molecule has 2 aromatic rings. The average Bonchev–Trinajstić information content (AvgIpc) is 2.39. The number of hydrogen-bond acceptors (Lipinski definition) is 2. The van der Waals surface area contributed by atoms with Crippen LogP contribution in [0.2, 0.25) is 5.02 Å². The highest BCUT2D eigenvalue weighted by Gasteiger charge is 2.23. The molecule has 0 saturated heterocycles. The Balaban J connectivity index is 1.95. The second kappa shape index (κ2) is 5.06. The van der Waals surface area contributed by atoms with Crippen molar-refractivity contribution in [2.75, 3.05) is 11.9 Å². The molecule has 1 unspecified atom stereocenters. The minimum absolute atomic E-state index is 0.0609. The maximum Gasteiger partial charge on any atom is 0.146 e. The first-order valence-corrected chi connectivity index (χ1v) is 7.27. The number of para-hydroxylation sites is 1. The summed E-state index contributed by atoms with van der Waals surface area (Å²) in [6, 6.07) is 12.0. The van der Waals surface area contributed by atoms with E-state index >= 15 is 0 Å². The molecule has 2 nitrogen and oxygen atoms in total. The topological polar surface area (TPSA) is 21.3 Å². The van der Waals surface area contributed by atoms with Crippen LogP contribution < -0.4 is 10.1 Å². The summed E-state index contributed by atoms with van der Waals surface area (Å²) in [6.07, 6.45) is -0.0609. The SMILES string of the molecule is Cc1cccc2c1OC(c1ccc(Br)cc1Cl)CN2. The fourth-order valence-electron chi connectivity index (χ4n) is 2.27. The Labute approximate surface area is 125 Å². The van der Waals surface area contributed by atoms with E-state index in [1.165, 1.54) is 0 Å². The zero-order valence-electron chi connectivity index (χ0n) is 10.4. The Kier molecular flexibility index (Phi) is 3.42. The Bertz CT molecular complexity index is 630. The summed E-state index contributed by atoms with van der Waals surface area (Å²) in [5.41, 5.74) is 3.18. The van der Waals surface area contributed by atoms with Crippen LogP contribution >= 0.6 is 27.5 Å². The van der Waals surface area contributed by atoms with Crippen LogP contribution in [0.15, 0.2) is 40.9 Å². The van der Waals surface area contributed by atoms with Crippen LogP contribution in [0.25, 0.3) is 0 Å². The van der Waals surface area contributed by atoms with Gasteiger partial charge in [-0.1, -0.05) is 45.7 Å². The first kappa shape index (κ1) is 12.8. The van der Waals surface area contributed by atoms with E-state index in [0.29, 0.717) is 0 Å². The zero-order chi connectivity index (χ0) is 13.4. The van der Waals surface area contributed by atoms with E-state index in [9.17, 15) is 0 Å². The highest BCUT2D eigenvalue weighted by atomic mass is 79.9. The number of hydrogen-bond donors (Lipinski definition) is 1. The molecule has 0 amide bonds. The van der Waals surface area contributed by atoms with Crippen molar-refractivity contribution < 1.29 is 4.74 Å². The molecule has 2 aromatic carbocycles. The maximum atomic E-state index is 6.29. The van der Waals surface area contributed by atoms with Crippen molar-refractivity contribution >= 4 is 33.2 Å². The summed E-state index contributed by atoms with van der Waals surface area (Å²) in [4.78, 5) is 0. The highest BCUT2D eigenvalue weighted by molar-refractivity contribution is 9.10. The molecule has 1 aliphatic heterocycles. The van der Waals surface area contributed by atoms with Gasteiger partial charge in [-0.3, -0.25) is 0 Å². The largest absolute Gasteiger partial charge is 0.481 e. The van der Waals surface area contributed by atoms with Crippen molar-refractivity contribution in [2.45, 2.75) is 13.0 Å². The Morgan fingerprint density at radius 3 is 2.95 bits per heavy atom. The van der Waals surface area contributed by atoms with Crippen LogP contribution in [0.4, 0.5) is 5.69 Å². The van der Waals surface area contributed by atoms with Crippen LogP contribution in [0, 0.1) is 6.92 Å². The van der Waals surface area contributed by atoms with Gasteiger partial charge in [-0.05, 0) is 30.7 Å². The summed E-state index contributed by atoms with van der Waals surface area (Å²) in [5, 5.41) is 4.12. The summed E-state index contributed by atoms with van der Waals surface area (Å²) in [5.74, 6) is 0.915. The third-order valence-electron chi connectivity index (χ3n) is 3.26. The van der Waals surface area contributed by atoms with Crippen LogP contribution in [0.5, 0.6) is 5.75 Å². The van der Waals surface area contributed by atoms with Gasteiger partial charge in [0, 0.05) is 15.1 Å². The number of halogens is 2. The number of rotatable bonds is 1. The molecule has 0 radical (unpaired) electrons. The molecule has 0 aliphatic carbocycles. The van der Waals surface area contributed by atoms with Gasteiger partial charge in [0.25, 0.3) is 0 Å². The normalized spacial score (nSPS) is 17.3. The molecule has 0 fully saturated rings. The van der Waals surface area contributed by atoms with E-state index in [0.717, 1.165) is 38.6 Å². The van der Waals surface area contributed by atoms with E-state index in [4.69, 9.17) is 16.3 Å². The maximum absolute atomic E-state index is 6.29. The van der Waals surface area contributed by atoms with Crippen molar-refractivity contribution in [2.24, 2.45) is 0 Å². The van der Waals surface area contributed by atoms with E-state index < -0.39 is 0 Å². The Morgan fingerprint density at radius 1 is 1.32 bits per heavy atom. The number of anilines is 1. The lowest BCUT2D eigenvalue weighted by molar-refractivity contribution is 0.209. The van der Waals surface area contributed by atoms with Crippen molar-refractivity contribution in [3.05, 3.63) is 57.0 Å². The molecule has 0 saturated carbocycles. The molecule has 1 N–H and O–H groups in total. The lowest BCUT2D eigenvalue weighted by atomic mass is 10.1. The second-order valence-electron chi connectivity index (χ2n) is 4.60. The molecule has 1 aliphatic rings. The fourth-order valence-corrected chi connectivity index (χ4v) is 3.07. The van der Waals surface area contributed by atoms with Crippen molar-refractivity contribution in [1.82, 2.24) is 0 Å². The van der Waals surface area contributed by atoms with Gasteiger partial charge in [-0.25, -0.2) is 0 Å². The van der Waals surface area contributed by atoms with Gasteiger partial charge < -0.3 is 10.1 Å². The van der Waals surface area contributed by atoms with Crippen LogP contribution in [0.3, 0.4) is 0 Å². The first-order valence-electron chi connectivity index (χ1n) is 6.10. The predicted octanol–water partition coefficient (Wildman–Crippen LogP) is 4.96. The monoisotopic (exact) mass is 337 g/mol. The van der Waals surface area contributed by atoms with Gasteiger partial charge in [0.1, 0.15) is 11.9 Å². The lowest BCUT2D eigenvalue weighted by Crippen LogP contribution is -2.24. The number of benzene rings is 2. The van der Waals surface area contributed by atoms with Crippen molar-refractivity contribution in [3.8, 4) is 5.75 Å². The zero-order valence-corrected chi connectivity index (χ0v) is 12.8. The lowest BCUT2D eigenvalue weighted by Gasteiger charge is -2.29. The van der Waals surface area contributed by atoms with Gasteiger partial charge in [-0.15, -0.1) is 0 Å². The van der Waals surface area contributed by atoms with Crippen LogP contribution in [-0.2, 0) is 0 Å². The van der Waals surface area contributed by atoms with Gasteiger partial charge in [-0.2, -0.15) is 0 Å². The predicted molar refractivity (Wildman–Crippen MR) is 82.2 cm³/mol. The third-order valence-corrected chi connectivity index (χ3v) is 4.08. The first-order chi connectivity index (χ1) is 9.15. The van der Waals surface area contributed by atoms with Crippen molar-refractivity contribution in [1.29, 1.82) is 0 Å². The van der Waals surface area contributed by atoms with E-state index in [2.05, 4.69) is 21.2 Å². The van der Waals surface area contributed by atoms with Crippen molar-refractivity contribution in [3.63, 3.8) is 0 Å². The van der Waals surface area contributed by atoms with E-state index in [1.54, 1.807) is 0 Å². The van der Waals surface area contributed by atoms with E-state index in [1.807, 2.05) is 43.3 Å². The molecular weight excluding hydrogens is 326 g/mol. The molecular formula is C15H13BrClNO. The van der Waals surface area contributed by atoms with Crippen LogP contribution in [0.1, 0.15) is 17.2 Å². The molecule has 0 bridgehead atoms. The average molecular weight is 339 g/mol. The molecule has 4 heteroatoms. The number of ether oxygens (including phenoxy) is 1. The molecule has 0 aromatic heterocycles. The quantitative estimate of drug-likeness (QED) is 0.794. The molecule has 1 atom stereocenters. The molecule has 98 valence electrons. The summed E-state index contributed by atoms with van der Waals surface area (Å²) in [6.45, 7) is 2.77. The number of aryl methyl sites for hydroxylation is 1. The highest BCUT2D eigenvalue weighted by Crippen LogP contribution is 2.38. The summed E-state index contributed by atoms with van der Waals surface area (Å²) >= 11 is 9.71. The second-order valence-corrected chi connectivity index (χ2v) is 5.93. The van der Waals surface area contributed by atoms with Gasteiger partial charge in [0.2, 0.25) is 0 Å². The molecule has 3 rings (SSSR count). The fraction of sp³-hybridized carbons (Fsp3) is 0.200. The van der Waals surface area contributed by atoms with Gasteiger partial charge >= 0.3 is 0 Å². The smallest absolute Gasteiger partial charge is 0.146 e. The minimum atomic E-state index is -0.0609. The molecule has 19 heavy (non-hydrogen) atoms. The van der Waals surface area contributed by atoms with Crippen LogP contribution in [-0.4, -0.2) is 6.54 Å². The molecule has 0 spiro atoms. The summed E-state index contributed by atoms with van der Waals surface area (Å²) in [7, 11) is 0. The Hall–Kier alpha value is -1.19. The summed E-state index contributed by atoms with van der Waals surface area (Å²) < 4.78 is 7.08. The molecule has 1 heterocycles.